The Hall–Kier alpha value is -4.30. The molecular weight excluding hydrogens is 633 g/mol. The van der Waals surface area contributed by atoms with E-state index in [0.717, 1.165) is 22.5 Å². The van der Waals surface area contributed by atoms with Crippen LogP contribution in [0.25, 0.3) is 11.1 Å². The fourth-order valence-electron chi connectivity index (χ4n) is 5.34. The molecule has 0 bridgehead atoms. The van der Waals surface area contributed by atoms with Gasteiger partial charge in [0.15, 0.2) is 22.3 Å². The first-order valence-corrected chi connectivity index (χ1v) is 16.9. The van der Waals surface area contributed by atoms with Crippen LogP contribution in [0.5, 0.6) is 17.2 Å². The first-order valence-electron chi connectivity index (χ1n) is 14.6. The van der Waals surface area contributed by atoms with E-state index < -0.39 is 24.0 Å². The Labute approximate surface area is 275 Å². The van der Waals surface area contributed by atoms with Crippen molar-refractivity contribution in [2.24, 2.45) is 0 Å². The highest BCUT2D eigenvalue weighted by Crippen LogP contribution is 2.50. The average molecular weight is 671 g/mol. The van der Waals surface area contributed by atoms with Crippen LogP contribution in [0.1, 0.15) is 54.3 Å². The van der Waals surface area contributed by atoms with Crippen molar-refractivity contribution in [3.63, 3.8) is 0 Å². The smallest absolute Gasteiger partial charge is 0.357 e. The minimum absolute atomic E-state index is 0.105. The zero-order chi connectivity index (χ0) is 33.4. The maximum Gasteiger partial charge on any atom is 0.357 e. The van der Waals surface area contributed by atoms with Crippen LogP contribution in [0, 0.1) is 0 Å². The summed E-state index contributed by atoms with van der Waals surface area (Å²) in [5, 5.41) is 10.6. The number of methoxy groups -OCH3 is 3. The van der Waals surface area contributed by atoms with Gasteiger partial charge in [0.05, 0.1) is 39.7 Å². The molecule has 0 unspecified atom stereocenters. The van der Waals surface area contributed by atoms with E-state index in [-0.39, 0.29) is 34.5 Å². The number of esters is 1. The summed E-state index contributed by atoms with van der Waals surface area (Å²) in [5.74, 6) is 0.768. The van der Waals surface area contributed by atoms with Gasteiger partial charge in [-0.2, -0.15) is 11.8 Å². The zero-order valence-electron chi connectivity index (χ0n) is 26.6. The quantitative estimate of drug-likeness (QED) is 0.218. The third-order valence-corrected chi connectivity index (χ3v) is 8.79. The van der Waals surface area contributed by atoms with Crippen molar-refractivity contribution in [3.05, 3.63) is 56.7 Å². The van der Waals surface area contributed by atoms with Crippen LogP contribution >= 0.6 is 23.1 Å². The molecule has 0 radical (unpaired) electrons. The lowest BCUT2D eigenvalue weighted by molar-refractivity contribution is -0.120. The number of nitrogens with one attached hydrogen (secondary N) is 3. The maximum absolute atomic E-state index is 13.8. The molecule has 246 valence electrons. The van der Waals surface area contributed by atoms with E-state index in [1.807, 2.05) is 12.3 Å². The van der Waals surface area contributed by atoms with Crippen LogP contribution in [0.4, 0.5) is 10.8 Å². The van der Waals surface area contributed by atoms with Crippen molar-refractivity contribution in [1.29, 1.82) is 0 Å². The molecule has 4 rings (SSSR count). The van der Waals surface area contributed by atoms with Crippen LogP contribution in [0.15, 0.2) is 34.4 Å². The van der Waals surface area contributed by atoms with Crippen LogP contribution in [-0.4, -0.2) is 68.8 Å². The van der Waals surface area contributed by atoms with Gasteiger partial charge in [-0.05, 0) is 73.1 Å². The minimum atomic E-state index is -0.797. The van der Waals surface area contributed by atoms with Crippen molar-refractivity contribution >= 4 is 51.7 Å². The van der Waals surface area contributed by atoms with Crippen molar-refractivity contribution in [2.45, 2.75) is 45.2 Å². The van der Waals surface area contributed by atoms with E-state index in [0.29, 0.717) is 53.4 Å². The highest BCUT2D eigenvalue weighted by Gasteiger charge is 2.30. The fourth-order valence-corrected chi connectivity index (χ4v) is 6.50. The lowest BCUT2D eigenvalue weighted by Gasteiger charge is -2.19. The molecule has 1 aliphatic rings. The van der Waals surface area contributed by atoms with Crippen LogP contribution < -0.4 is 35.6 Å². The Morgan fingerprint density at radius 1 is 1.11 bits per heavy atom. The fraction of sp³-hybridized carbons (Fsp3) is 0.406. The Morgan fingerprint density at radius 2 is 1.87 bits per heavy atom. The summed E-state index contributed by atoms with van der Waals surface area (Å²) >= 11 is 2.67. The molecule has 0 saturated carbocycles. The van der Waals surface area contributed by atoms with Crippen LogP contribution in [-0.2, 0) is 20.7 Å². The normalized spacial score (nSPS) is 14.1. The number of rotatable bonds is 13. The summed E-state index contributed by atoms with van der Waals surface area (Å²) in [6.07, 6.45) is 3.42. The minimum Gasteiger partial charge on any atom is -0.493 e. The Morgan fingerprint density at radius 3 is 2.52 bits per heavy atom. The Kier molecular flexibility index (Phi) is 11.9. The Balaban J connectivity index is 1.78. The number of carbonyl (C=O) groups excluding carboxylic acids is 3. The number of nitrogens with zero attached hydrogens (tertiary/aromatic N) is 1. The predicted molar refractivity (Wildman–Crippen MR) is 180 cm³/mol. The SMILES string of the molecule is CCOC(=O)c1csc(NC(=O)[C@@H](CCSC)Nc2ccc3c(cc2=O)[C@H](NC(C)=O)CCc2cc(OC)c(OC)c(OC)c2-3)n1. The molecule has 1 aromatic heterocycles. The van der Waals surface area contributed by atoms with E-state index >= 15 is 0 Å². The summed E-state index contributed by atoms with van der Waals surface area (Å²) in [4.78, 5) is 55.7. The molecule has 0 spiro atoms. The van der Waals surface area contributed by atoms with Gasteiger partial charge in [-0.1, -0.05) is 6.07 Å². The third kappa shape index (κ3) is 7.73. The number of fused-ring (bicyclic) bond motifs is 3. The molecule has 14 heteroatoms. The summed E-state index contributed by atoms with van der Waals surface area (Å²) in [6.45, 7) is 3.34. The van der Waals surface area contributed by atoms with Gasteiger partial charge in [-0.25, -0.2) is 9.78 Å². The van der Waals surface area contributed by atoms with Gasteiger partial charge >= 0.3 is 5.97 Å². The first kappa shape index (κ1) is 34.6. The highest BCUT2D eigenvalue weighted by molar-refractivity contribution is 7.98. The number of aryl methyl sites for hydroxylation is 1. The van der Waals surface area contributed by atoms with E-state index in [2.05, 4.69) is 20.9 Å². The van der Waals surface area contributed by atoms with E-state index in [1.54, 1.807) is 37.9 Å². The number of hydrogen-bond donors (Lipinski definition) is 3. The molecule has 0 aliphatic heterocycles. The second kappa shape index (κ2) is 15.8. The summed E-state index contributed by atoms with van der Waals surface area (Å²) in [5.41, 5.74) is 2.85. The van der Waals surface area contributed by atoms with Gasteiger partial charge in [-0.15, -0.1) is 11.3 Å². The van der Waals surface area contributed by atoms with Crippen molar-refractivity contribution in [3.8, 4) is 28.4 Å². The monoisotopic (exact) mass is 670 g/mol. The molecule has 3 aromatic rings. The zero-order valence-corrected chi connectivity index (χ0v) is 28.2. The van der Waals surface area contributed by atoms with Crippen LogP contribution in [0.2, 0.25) is 0 Å². The van der Waals surface area contributed by atoms with E-state index in [9.17, 15) is 19.2 Å². The van der Waals surface area contributed by atoms with Crippen LogP contribution in [0.3, 0.4) is 0 Å². The van der Waals surface area contributed by atoms with Gasteiger partial charge in [0.1, 0.15) is 6.04 Å². The van der Waals surface area contributed by atoms with Crippen molar-refractivity contribution in [1.82, 2.24) is 10.3 Å². The molecule has 46 heavy (non-hydrogen) atoms. The molecule has 2 aromatic carbocycles. The summed E-state index contributed by atoms with van der Waals surface area (Å²) in [6, 6.07) is 5.55. The van der Waals surface area contributed by atoms with Crippen molar-refractivity contribution < 1.29 is 33.3 Å². The van der Waals surface area contributed by atoms with Gasteiger partial charge in [0.25, 0.3) is 0 Å². The van der Waals surface area contributed by atoms with E-state index in [1.165, 1.54) is 32.6 Å². The number of anilines is 2. The molecule has 1 aliphatic carbocycles. The Bertz CT molecular complexity index is 1660. The summed E-state index contributed by atoms with van der Waals surface area (Å²) < 4.78 is 22.1. The lowest BCUT2D eigenvalue weighted by atomic mass is 9.95. The molecule has 2 amide bonds. The second-order valence-electron chi connectivity index (χ2n) is 10.3. The molecule has 0 fully saturated rings. The molecule has 0 saturated heterocycles. The standard InChI is InChI=1S/C32H38N4O8S2/c1-7-44-31(40)24-16-46-32(35-24)36-30(39)23(12-13-45-6)34-22-11-9-19-20(15-25(22)38)21(33-17(2)37)10-8-18-14-26(41-3)28(42-4)29(43-5)27(18)19/h9,11,14-16,21,23H,7-8,10,12-13H2,1-6H3,(H,33,37)(H,34,38)(H,35,36,39)/t21-,23-/m1/s1. The van der Waals surface area contributed by atoms with Gasteiger partial charge in [0.2, 0.25) is 23.0 Å². The van der Waals surface area contributed by atoms with Gasteiger partial charge in [0, 0.05) is 17.9 Å². The topological polar surface area (TPSA) is 154 Å². The van der Waals surface area contributed by atoms with Gasteiger partial charge < -0.3 is 34.9 Å². The predicted octanol–water partition coefficient (Wildman–Crippen LogP) is 4.67. The molecular formula is C32H38N4O8S2. The molecule has 1 heterocycles. The van der Waals surface area contributed by atoms with Gasteiger partial charge in [-0.3, -0.25) is 14.4 Å². The lowest BCUT2D eigenvalue weighted by Crippen LogP contribution is -2.36. The number of aromatic nitrogens is 1. The number of amides is 2. The second-order valence-corrected chi connectivity index (χ2v) is 12.2. The van der Waals surface area contributed by atoms with E-state index in [4.69, 9.17) is 18.9 Å². The number of ether oxygens (including phenoxy) is 4. The number of hydrogen-bond acceptors (Lipinski definition) is 12. The molecule has 2 atom stereocenters. The van der Waals surface area contributed by atoms with Crippen molar-refractivity contribution in [2.75, 3.05) is 50.6 Å². The number of benzene rings is 1. The number of thiazole rings is 1. The molecule has 12 nitrogen and oxygen atoms in total. The highest BCUT2D eigenvalue weighted by atomic mass is 32.2. The largest absolute Gasteiger partial charge is 0.493 e. The third-order valence-electron chi connectivity index (χ3n) is 7.39. The number of carbonyl (C=O) groups is 3. The first-order chi connectivity index (χ1) is 22.1. The maximum atomic E-state index is 13.8. The molecule has 3 N–H and O–H groups in total. The number of thioether (sulfide) groups is 1. The average Bonchev–Trinajstić information content (AvgIpc) is 3.38. The summed E-state index contributed by atoms with van der Waals surface area (Å²) in [7, 11) is 4.61.